The molecular formula is C18H30N4O2. The molecule has 0 bridgehead atoms. The molecule has 1 atom stereocenters. The van der Waals surface area contributed by atoms with Crippen LogP contribution >= 0.6 is 0 Å². The summed E-state index contributed by atoms with van der Waals surface area (Å²) < 4.78 is 2.08. The molecule has 1 aromatic heterocycles. The molecule has 2 aliphatic rings. The minimum Gasteiger partial charge on any atom is -0.394 e. The number of amides is 2. The normalized spacial score (nSPS) is 25.2. The molecule has 1 aliphatic carbocycles. The van der Waals surface area contributed by atoms with Crippen LogP contribution in [0, 0.1) is 6.92 Å². The van der Waals surface area contributed by atoms with Gasteiger partial charge in [0.25, 0.3) is 0 Å². The first-order chi connectivity index (χ1) is 11.6. The first-order valence-electron chi connectivity index (χ1n) is 9.35. The minimum atomic E-state index is -0.412. The predicted molar refractivity (Wildman–Crippen MR) is 94.2 cm³/mol. The number of carbonyl (C=O) groups excluding carboxylic acids is 1. The summed E-state index contributed by atoms with van der Waals surface area (Å²) in [5.74, 6) is 0.623. The van der Waals surface area contributed by atoms with Gasteiger partial charge in [0.05, 0.1) is 18.2 Å². The zero-order valence-corrected chi connectivity index (χ0v) is 14.9. The quantitative estimate of drug-likeness (QED) is 0.886. The molecule has 1 saturated heterocycles. The number of hydrogen-bond donors (Lipinski definition) is 2. The Balaban J connectivity index is 1.71. The molecule has 0 spiro atoms. The van der Waals surface area contributed by atoms with E-state index in [1.807, 2.05) is 13.0 Å². The number of urea groups is 1. The van der Waals surface area contributed by atoms with E-state index in [9.17, 15) is 9.90 Å². The molecule has 1 aromatic rings. The van der Waals surface area contributed by atoms with Gasteiger partial charge in [0.2, 0.25) is 0 Å². The molecule has 3 rings (SSSR count). The summed E-state index contributed by atoms with van der Waals surface area (Å²) in [5.41, 5.74) is 0.688. The number of hydrogen-bond acceptors (Lipinski definition) is 3. The number of nitrogens with one attached hydrogen (secondary N) is 1. The maximum absolute atomic E-state index is 12.7. The van der Waals surface area contributed by atoms with E-state index in [0.717, 1.165) is 25.0 Å². The summed E-state index contributed by atoms with van der Waals surface area (Å²) in [5, 5.41) is 17.4. The Morgan fingerprint density at radius 3 is 2.79 bits per heavy atom. The molecule has 2 N–H and O–H groups in total. The molecule has 2 heterocycles. The smallest absolute Gasteiger partial charge is 0.323 e. The van der Waals surface area contributed by atoms with Crippen LogP contribution in [0.15, 0.2) is 6.07 Å². The van der Waals surface area contributed by atoms with E-state index in [-0.39, 0.29) is 12.6 Å². The van der Waals surface area contributed by atoms with Crippen molar-refractivity contribution in [2.24, 2.45) is 0 Å². The van der Waals surface area contributed by atoms with Gasteiger partial charge in [-0.15, -0.1) is 0 Å². The molecule has 134 valence electrons. The molecule has 1 unspecified atom stereocenters. The third-order valence-electron chi connectivity index (χ3n) is 5.87. The Morgan fingerprint density at radius 2 is 2.12 bits per heavy atom. The first-order valence-corrected chi connectivity index (χ1v) is 9.35. The van der Waals surface area contributed by atoms with E-state index in [2.05, 4.69) is 22.0 Å². The Kier molecular flexibility index (Phi) is 5.13. The van der Waals surface area contributed by atoms with Crippen LogP contribution in [0.1, 0.15) is 70.0 Å². The van der Waals surface area contributed by atoms with Gasteiger partial charge in [-0.25, -0.2) is 4.79 Å². The molecule has 0 aromatic carbocycles. The summed E-state index contributed by atoms with van der Waals surface area (Å²) in [4.78, 5) is 14.5. The average molecular weight is 334 g/mol. The fourth-order valence-electron chi connectivity index (χ4n) is 4.32. The lowest BCUT2D eigenvalue weighted by atomic mass is 9.94. The standard InChI is InChI=1S/C18H30N4O2/c1-3-18(13-23)10-7-11-21(18)17(24)19-16-12-14(2)22(20-16)15-8-5-4-6-9-15/h12,15,23H,3-11,13H2,1-2H3,(H,19,20,24). The van der Waals surface area contributed by atoms with Gasteiger partial charge >= 0.3 is 6.03 Å². The third-order valence-corrected chi connectivity index (χ3v) is 5.87. The number of aryl methyl sites for hydroxylation is 1. The van der Waals surface area contributed by atoms with Crippen molar-refractivity contribution in [2.45, 2.75) is 76.8 Å². The highest BCUT2D eigenvalue weighted by Crippen LogP contribution is 2.33. The second-order valence-electron chi connectivity index (χ2n) is 7.33. The van der Waals surface area contributed by atoms with Crippen molar-refractivity contribution in [2.75, 3.05) is 18.5 Å². The second kappa shape index (κ2) is 7.13. The van der Waals surface area contributed by atoms with Gasteiger partial charge in [-0.3, -0.25) is 10.00 Å². The lowest BCUT2D eigenvalue weighted by Crippen LogP contribution is -2.51. The van der Waals surface area contributed by atoms with E-state index in [1.165, 1.54) is 32.1 Å². The van der Waals surface area contributed by atoms with Crippen LogP contribution in [0.25, 0.3) is 0 Å². The third kappa shape index (κ3) is 3.16. The maximum Gasteiger partial charge on any atom is 0.323 e. The summed E-state index contributed by atoms with van der Waals surface area (Å²) in [6, 6.07) is 2.27. The van der Waals surface area contributed by atoms with Crippen LogP contribution in [0.2, 0.25) is 0 Å². The SMILES string of the molecule is CCC1(CO)CCCN1C(=O)Nc1cc(C)n(C2CCCCC2)n1. The summed E-state index contributed by atoms with van der Waals surface area (Å²) in [7, 11) is 0. The van der Waals surface area contributed by atoms with Crippen molar-refractivity contribution in [3.63, 3.8) is 0 Å². The monoisotopic (exact) mass is 334 g/mol. The zero-order valence-electron chi connectivity index (χ0n) is 14.9. The van der Waals surface area contributed by atoms with E-state index in [1.54, 1.807) is 4.90 Å². The van der Waals surface area contributed by atoms with Crippen molar-refractivity contribution >= 4 is 11.8 Å². The molecule has 2 fully saturated rings. The van der Waals surface area contributed by atoms with E-state index < -0.39 is 5.54 Å². The van der Waals surface area contributed by atoms with Gasteiger partial charge in [-0.05, 0) is 39.0 Å². The highest BCUT2D eigenvalue weighted by atomic mass is 16.3. The van der Waals surface area contributed by atoms with Gasteiger partial charge in [-0.2, -0.15) is 5.10 Å². The van der Waals surface area contributed by atoms with Crippen molar-refractivity contribution in [3.05, 3.63) is 11.8 Å². The van der Waals surface area contributed by atoms with Gasteiger partial charge in [0.1, 0.15) is 0 Å². The highest BCUT2D eigenvalue weighted by molar-refractivity contribution is 5.89. The van der Waals surface area contributed by atoms with Gasteiger partial charge in [-0.1, -0.05) is 26.2 Å². The molecule has 1 aliphatic heterocycles. The van der Waals surface area contributed by atoms with Crippen LogP contribution in [-0.4, -0.2) is 44.5 Å². The van der Waals surface area contributed by atoms with Crippen LogP contribution in [0.4, 0.5) is 10.6 Å². The molecule has 0 radical (unpaired) electrons. The zero-order chi connectivity index (χ0) is 17.2. The number of aromatic nitrogens is 2. The largest absolute Gasteiger partial charge is 0.394 e. The summed E-state index contributed by atoms with van der Waals surface area (Å²) >= 11 is 0. The van der Waals surface area contributed by atoms with E-state index >= 15 is 0 Å². The second-order valence-corrected chi connectivity index (χ2v) is 7.33. The van der Waals surface area contributed by atoms with Crippen molar-refractivity contribution in [3.8, 4) is 0 Å². The van der Waals surface area contributed by atoms with Gasteiger partial charge in [0, 0.05) is 18.3 Å². The van der Waals surface area contributed by atoms with Gasteiger partial charge in [0.15, 0.2) is 5.82 Å². The van der Waals surface area contributed by atoms with Crippen molar-refractivity contribution in [1.82, 2.24) is 14.7 Å². The molecule has 24 heavy (non-hydrogen) atoms. The topological polar surface area (TPSA) is 70.4 Å². The maximum atomic E-state index is 12.7. The number of likely N-dealkylation sites (tertiary alicyclic amines) is 1. The molecule has 2 amide bonds. The lowest BCUT2D eigenvalue weighted by Gasteiger charge is -2.36. The average Bonchev–Trinajstić information content (AvgIpc) is 3.19. The molecule has 1 saturated carbocycles. The number of aliphatic hydroxyl groups excluding tert-OH is 1. The highest BCUT2D eigenvalue weighted by Gasteiger charge is 2.41. The predicted octanol–water partition coefficient (Wildman–Crippen LogP) is 3.47. The number of aliphatic hydroxyl groups is 1. The Bertz CT molecular complexity index is 574. The molecular weight excluding hydrogens is 304 g/mol. The van der Waals surface area contributed by atoms with Crippen LogP contribution in [0.3, 0.4) is 0 Å². The van der Waals surface area contributed by atoms with Crippen molar-refractivity contribution < 1.29 is 9.90 Å². The van der Waals surface area contributed by atoms with Gasteiger partial charge < -0.3 is 10.0 Å². The van der Waals surface area contributed by atoms with E-state index in [4.69, 9.17) is 0 Å². The Hall–Kier alpha value is -1.56. The fraction of sp³-hybridized carbons (Fsp3) is 0.778. The van der Waals surface area contributed by atoms with Crippen LogP contribution in [-0.2, 0) is 0 Å². The minimum absolute atomic E-state index is 0.0203. The molecule has 6 nitrogen and oxygen atoms in total. The Morgan fingerprint density at radius 1 is 1.38 bits per heavy atom. The fourth-order valence-corrected chi connectivity index (χ4v) is 4.32. The summed E-state index contributed by atoms with van der Waals surface area (Å²) in [6.07, 6.45) is 8.75. The number of rotatable bonds is 4. The van der Waals surface area contributed by atoms with E-state index in [0.29, 0.717) is 18.4 Å². The summed E-state index contributed by atoms with van der Waals surface area (Å²) in [6.45, 7) is 4.80. The number of anilines is 1. The molecule has 6 heteroatoms. The Labute approximate surface area is 144 Å². The first kappa shape index (κ1) is 17.3. The van der Waals surface area contributed by atoms with Crippen LogP contribution in [0.5, 0.6) is 0 Å². The van der Waals surface area contributed by atoms with Crippen LogP contribution < -0.4 is 5.32 Å². The number of nitrogens with zero attached hydrogens (tertiary/aromatic N) is 3. The number of carbonyl (C=O) groups is 1. The lowest BCUT2D eigenvalue weighted by molar-refractivity contribution is 0.0867. The van der Waals surface area contributed by atoms with Crippen molar-refractivity contribution in [1.29, 1.82) is 0 Å².